The molecule has 1 amide bonds. The SMILES string of the molecule is Cc1nc2cc(NC(=O)C3CCCC(C(=O)O)C3)ccc2o1. The van der Waals surface area contributed by atoms with Crippen molar-refractivity contribution in [2.45, 2.75) is 32.6 Å². The van der Waals surface area contributed by atoms with Gasteiger partial charge in [0, 0.05) is 18.5 Å². The molecule has 1 aromatic carbocycles. The van der Waals surface area contributed by atoms with Crippen molar-refractivity contribution in [3.8, 4) is 0 Å². The van der Waals surface area contributed by atoms with Crippen LogP contribution < -0.4 is 5.32 Å². The zero-order chi connectivity index (χ0) is 15.7. The van der Waals surface area contributed by atoms with Crippen LogP contribution in [0.15, 0.2) is 22.6 Å². The van der Waals surface area contributed by atoms with E-state index < -0.39 is 11.9 Å². The van der Waals surface area contributed by atoms with Gasteiger partial charge in [0.1, 0.15) is 5.52 Å². The third-order valence-corrected chi connectivity index (χ3v) is 4.16. The number of aryl methyl sites for hydroxylation is 1. The molecule has 1 aromatic heterocycles. The number of oxazole rings is 1. The third kappa shape index (κ3) is 2.95. The fourth-order valence-electron chi connectivity index (χ4n) is 3.02. The van der Waals surface area contributed by atoms with Gasteiger partial charge >= 0.3 is 5.97 Å². The van der Waals surface area contributed by atoms with E-state index in [1.165, 1.54) is 0 Å². The monoisotopic (exact) mass is 302 g/mol. The maximum atomic E-state index is 12.3. The molecule has 0 radical (unpaired) electrons. The molecule has 1 saturated carbocycles. The van der Waals surface area contributed by atoms with E-state index >= 15 is 0 Å². The summed E-state index contributed by atoms with van der Waals surface area (Å²) in [5.41, 5.74) is 2.03. The topological polar surface area (TPSA) is 92.4 Å². The number of benzene rings is 1. The number of aromatic nitrogens is 1. The highest BCUT2D eigenvalue weighted by Gasteiger charge is 2.31. The number of carbonyl (C=O) groups is 2. The second-order valence-electron chi connectivity index (χ2n) is 5.80. The van der Waals surface area contributed by atoms with E-state index in [1.807, 2.05) is 0 Å². The first-order valence-electron chi connectivity index (χ1n) is 7.44. The summed E-state index contributed by atoms with van der Waals surface area (Å²) in [5, 5.41) is 12.0. The largest absolute Gasteiger partial charge is 0.481 e. The maximum Gasteiger partial charge on any atom is 0.306 e. The molecule has 6 heteroatoms. The lowest BCUT2D eigenvalue weighted by Crippen LogP contribution is -2.30. The van der Waals surface area contributed by atoms with Crippen LogP contribution in [0.4, 0.5) is 5.69 Å². The van der Waals surface area contributed by atoms with Crippen LogP contribution in [-0.2, 0) is 9.59 Å². The summed E-state index contributed by atoms with van der Waals surface area (Å²) in [6.07, 6.45) is 2.58. The molecule has 1 aliphatic rings. The van der Waals surface area contributed by atoms with E-state index in [0.29, 0.717) is 35.5 Å². The Morgan fingerprint density at radius 1 is 1.32 bits per heavy atom. The average Bonchev–Trinajstić information content (AvgIpc) is 2.86. The molecule has 2 atom stereocenters. The van der Waals surface area contributed by atoms with Crippen LogP contribution in [0.3, 0.4) is 0 Å². The molecule has 6 nitrogen and oxygen atoms in total. The van der Waals surface area contributed by atoms with E-state index in [4.69, 9.17) is 9.52 Å². The molecule has 1 fully saturated rings. The predicted octanol–water partition coefficient (Wildman–Crippen LogP) is 2.97. The van der Waals surface area contributed by atoms with E-state index in [2.05, 4.69) is 10.3 Å². The molecular weight excluding hydrogens is 284 g/mol. The normalized spacial score (nSPS) is 21.7. The second-order valence-corrected chi connectivity index (χ2v) is 5.80. The number of nitrogens with zero attached hydrogens (tertiary/aromatic N) is 1. The smallest absolute Gasteiger partial charge is 0.306 e. The van der Waals surface area contributed by atoms with Crippen LogP contribution >= 0.6 is 0 Å². The summed E-state index contributed by atoms with van der Waals surface area (Å²) in [6.45, 7) is 1.77. The number of nitrogens with one attached hydrogen (secondary N) is 1. The van der Waals surface area contributed by atoms with Crippen molar-refractivity contribution in [3.63, 3.8) is 0 Å². The van der Waals surface area contributed by atoms with Crippen LogP contribution in [0.2, 0.25) is 0 Å². The minimum Gasteiger partial charge on any atom is -0.481 e. The Kier molecular flexibility index (Phi) is 3.83. The van der Waals surface area contributed by atoms with Crippen molar-refractivity contribution < 1.29 is 19.1 Å². The molecule has 3 rings (SSSR count). The van der Waals surface area contributed by atoms with Crippen LogP contribution in [0.25, 0.3) is 11.1 Å². The number of carboxylic acids is 1. The zero-order valence-electron chi connectivity index (χ0n) is 12.3. The van der Waals surface area contributed by atoms with Gasteiger partial charge in [-0.3, -0.25) is 9.59 Å². The van der Waals surface area contributed by atoms with Crippen molar-refractivity contribution in [3.05, 3.63) is 24.1 Å². The molecular formula is C16H18N2O4. The fourth-order valence-corrected chi connectivity index (χ4v) is 3.02. The molecule has 0 saturated heterocycles. The standard InChI is InChI=1S/C16H18N2O4/c1-9-17-13-8-12(5-6-14(13)22-9)18-15(19)10-3-2-4-11(7-10)16(20)21/h5-6,8,10-11H,2-4,7H2,1H3,(H,18,19)(H,20,21). The molecule has 0 spiro atoms. The van der Waals surface area contributed by atoms with Crippen molar-refractivity contribution in [2.24, 2.45) is 11.8 Å². The predicted molar refractivity (Wildman–Crippen MR) is 80.5 cm³/mol. The minimum atomic E-state index is -0.808. The number of carbonyl (C=O) groups excluding carboxylic acids is 1. The lowest BCUT2D eigenvalue weighted by molar-refractivity contribution is -0.143. The van der Waals surface area contributed by atoms with Gasteiger partial charge in [-0.25, -0.2) is 4.98 Å². The third-order valence-electron chi connectivity index (χ3n) is 4.16. The lowest BCUT2D eigenvalue weighted by atomic mass is 9.81. The average molecular weight is 302 g/mol. The number of fused-ring (bicyclic) bond motifs is 1. The first-order chi connectivity index (χ1) is 10.5. The Bertz CT molecular complexity index is 722. The zero-order valence-corrected chi connectivity index (χ0v) is 12.3. The molecule has 116 valence electrons. The van der Waals surface area contributed by atoms with Gasteiger partial charge in [-0.1, -0.05) is 6.42 Å². The first kappa shape index (κ1) is 14.6. The number of hydrogen-bond donors (Lipinski definition) is 2. The number of rotatable bonds is 3. The van der Waals surface area contributed by atoms with Crippen molar-refractivity contribution in [1.29, 1.82) is 0 Å². The summed E-state index contributed by atoms with van der Waals surface area (Å²) in [6, 6.07) is 5.30. The second kappa shape index (κ2) is 5.79. The molecule has 2 aromatic rings. The van der Waals surface area contributed by atoms with Crippen LogP contribution in [0, 0.1) is 18.8 Å². The quantitative estimate of drug-likeness (QED) is 0.909. The van der Waals surface area contributed by atoms with Gasteiger partial charge in [0.2, 0.25) is 5.91 Å². The lowest BCUT2D eigenvalue weighted by Gasteiger charge is -2.25. The van der Waals surface area contributed by atoms with Crippen molar-refractivity contribution >= 4 is 28.7 Å². The maximum absolute atomic E-state index is 12.3. The summed E-state index contributed by atoms with van der Waals surface area (Å²) in [7, 11) is 0. The molecule has 1 heterocycles. The molecule has 22 heavy (non-hydrogen) atoms. The van der Waals surface area contributed by atoms with Gasteiger partial charge in [0.05, 0.1) is 5.92 Å². The molecule has 2 unspecified atom stereocenters. The summed E-state index contributed by atoms with van der Waals surface area (Å²) >= 11 is 0. The molecule has 2 N–H and O–H groups in total. The van der Waals surface area contributed by atoms with E-state index in [1.54, 1.807) is 25.1 Å². The Hall–Kier alpha value is -2.37. The highest BCUT2D eigenvalue weighted by atomic mass is 16.4. The number of aliphatic carboxylic acids is 1. The molecule has 0 aliphatic heterocycles. The Morgan fingerprint density at radius 3 is 2.86 bits per heavy atom. The molecule has 0 bridgehead atoms. The van der Waals surface area contributed by atoms with Crippen molar-refractivity contribution in [1.82, 2.24) is 4.98 Å². The van der Waals surface area contributed by atoms with Crippen LogP contribution in [0.5, 0.6) is 0 Å². The Morgan fingerprint density at radius 2 is 2.09 bits per heavy atom. The van der Waals surface area contributed by atoms with E-state index in [0.717, 1.165) is 12.8 Å². The van der Waals surface area contributed by atoms with Crippen LogP contribution in [-0.4, -0.2) is 22.0 Å². The van der Waals surface area contributed by atoms with Gasteiger partial charge < -0.3 is 14.8 Å². The van der Waals surface area contributed by atoms with Gasteiger partial charge in [0.25, 0.3) is 0 Å². The molecule has 1 aliphatic carbocycles. The Labute approximate surface area is 127 Å². The van der Waals surface area contributed by atoms with Crippen molar-refractivity contribution in [2.75, 3.05) is 5.32 Å². The van der Waals surface area contributed by atoms with E-state index in [9.17, 15) is 9.59 Å². The summed E-state index contributed by atoms with van der Waals surface area (Å²) in [5.74, 6) is -1.01. The van der Waals surface area contributed by atoms with Crippen LogP contribution in [0.1, 0.15) is 31.6 Å². The number of hydrogen-bond acceptors (Lipinski definition) is 4. The number of carboxylic acid groups (broad SMARTS) is 1. The number of anilines is 1. The first-order valence-corrected chi connectivity index (χ1v) is 7.44. The highest BCUT2D eigenvalue weighted by molar-refractivity contribution is 5.94. The van der Waals surface area contributed by atoms with Gasteiger partial charge in [0.15, 0.2) is 11.5 Å². The fraction of sp³-hybridized carbons (Fsp3) is 0.438. The summed E-state index contributed by atoms with van der Waals surface area (Å²) < 4.78 is 5.40. The summed E-state index contributed by atoms with van der Waals surface area (Å²) in [4.78, 5) is 27.6. The Balaban J connectivity index is 1.70. The number of amides is 1. The van der Waals surface area contributed by atoms with Gasteiger partial charge in [-0.15, -0.1) is 0 Å². The van der Waals surface area contributed by atoms with E-state index in [-0.39, 0.29) is 11.8 Å². The van der Waals surface area contributed by atoms with Gasteiger partial charge in [-0.05, 0) is 37.5 Å². The van der Waals surface area contributed by atoms with Gasteiger partial charge in [-0.2, -0.15) is 0 Å². The minimum absolute atomic E-state index is 0.120. The highest BCUT2D eigenvalue weighted by Crippen LogP contribution is 2.30.